The normalized spacial score (nSPS) is 32.6. The zero-order valence-corrected chi connectivity index (χ0v) is 13.0. The molecule has 0 bridgehead atoms. The summed E-state index contributed by atoms with van der Waals surface area (Å²) < 4.78 is 6.17. The van der Waals surface area contributed by atoms with Crippen LogP contribution in [-0.4, -0.2) is 60.8 Å². The van der Waals surface area contributed by atoms with Crippen molar-refractivity contribution in [1.82, 2.24) is 9.80 Å². The monoisotopic (exact) mass is 264 g/mol. The Hall–Kier alpha value is -0.560. The van der Waals surface area contributed by atoms with Crippen LogP contribution in [0.5, 0.6) is 0 Å². The lowest BCUT2D eigenvalue weighted by Crippen LogP contribution is -2.45. The Morgan fingerprint density at radius 2 is 1.74 bits per heavy atom. The molecule has 2 fully saturated rings. The van der Waals surface area contributed by atoms with Gasteiger partial charge in [-0.05, 0) is 47.1 Å². The molecule has 2 aliphatic heterocycles. The fourth-order valence-electron chi connectivity index (χ4n) is 3.00. The third kappa shape index (κ3) is 4.49. The third-order valence-corrected chi connectivity index (χ3v) is 4.19. The molecule has 0 aromatic carbocycles. The predicted octanol–water partition coefficient (Wildman–Crippen LogP) is 1.97. The highest BCUT2D eigenvalue weighted by atomic mass is 16.5. The van der Waals surface area contributed by atoms with Crippen molar-refractivity contribution in [3.05, 3.63) is 0 Å². The largest absolute Gasteiger partial charge is 0.357 e. The van der Waals surface area contributed by atoms with E-state index in [4.69, 9.17) is 4.74 Å². The van der Waals surface area contributed by atoms with E-state index >= 15 is 0 Å². The van der Waals surface area contributed by atoms with Crippen molar-refractivity contribution >= 4 is 0 Å². The van der Waals surface area contributed by atoms with Crippen LogP contribution >= 0.6 is 0 Å². The maximum Gasteiger partial charge on any atom is 0.126 e. The zero-order chi connectivity index (χ0) is 13.9. The van der Waals surface area contributed by atoms with Gasteiger partial charge in [0.15, 0.2) is 0 Å². The van der Waals surface area contributed by atoms with Gasteiger partial charge in [-0.1, -0.05) is 11.8 Å². The molecule has 0 radical (unpaired) electrons. The van der Waals surface area contributed by atoms with E-state index in [1.807, 2.05) is 0 Å². The summed E-state index contributed by atoms with van der Waals surface area (Å²) in [5, 5.41) is 0. The molecule has 108 valence electrons. The first kappa shape index (κ1) is 14.8. The van der Waals surface area contributed by atoms with Gasteiger partial charge in [-0.15, -0.1) is 0 Å². The Kier molecular flexibility index (Phi) is 4.55. The minimum absolute atomic E-state index is 0.0183. The highest BCUT2D eigenvalue weighted by molar-refractivity contribution is 5.15. The van der Waals surface area contributed by atoms with Crippen LogP contribution in [0.3, 0.4) is 0 Å². The summed E-state index contributed by atoms with van der Waals surface area (Å²) in [5.74, 6) is 6.73. The molecule has 2 saturated heterocycles. The van der Waals surface area contributed by atoms with Crippen molar-refractivity contribution in [1.29, 1.82) is 0 Å². The predicted molar refractivity (Wildman–Crippen MR) is 79.1 cm³/mol. The van der Waals surface area contributed by atoms with Crippen molar-refractivity contribution in [3.63, 3.8) is 0 Å². The fourth-order valence-corrected chi connectivity index (χ4v) is 3.00. The van der Waals surface area contributed by atoms with E-state index in [-0.39, 0.29) is 11.2 Å². The summed E-state index contributed by atoms with van der Waals surface area (Å²) >= 11 is 0. The first-order valence-corrected chi connectivity index (χ1v) is 7.50. The Labute approximate surface area is 118 Å². The molecule has 2 rings (SSSR count). The molecule has 2 heterocycles. The second kappa shape index (κ2) is 5.83. The smallest absolute Gasteiger partial charge is 0.126 e. The molecule has 0 aromatic heterocycles. The Balaban J connectivity index is 1.85. The molecule has 0 unspecified atom stereocenters. The highest BCUT2D eigenvalue weighted by Crippen LogP contribution is 2.34. The fraction of sp³-hybridized carbons (Fsp3) is 0.875. The maximum atomic E-state index is 6.17. The molecule has 1 atom stereocenters. The van der Waals surface area contributed by atoms with Gasteiger partial charge in [0.25, 0.3) is 0 Å². The summed E-state index contributed by atoms with van der Waals surface area (Å²) in [6.45, 7) is 11.9. The van der Waals surface area contributed by atoms with Crippen molar-refractivity contribution in [2.75, 3.05) is 39.8 Å². The average molecular weight is 264 g/mol. The maximum absolute atomic E-state index is 6.17. The Morgan fingerprint density at radius 1 is 1.05 bits per heavy atom. The van der Waals surface area contributed by atoms with Crippen molar-refractivity contribution in [2.24, 2.45) is 0 Å². The van der Waals surface area contributed by atoms with Crippen LogP contribution in [0.4, 0.5) is 0 Å². The van der Waals surface area contributed by atoms with Crippen LogP contribution < -0.4 is 0 Å². The van der Waals surface area contributed by atoms with Gasteiger partial charge in [-0.3, -0.25) is 4.90 Å². The summed E-state index contributed by atoms with van der Waals surface area (Å²) in [7, 11) is 2.18. The summed E-state index contributed by atoms with van der Waals surface area (Å²) in [6, 6.07) is 0. The molecule has 0 aromatic rings. The number of nitrogens with zero attached hydrogens (tertiary/aromatic N) is 2. The standard InChI is InChI=1S/C16H28N2O/c1-15(2)7-5-8-16(3,19-15)9-6-10-18-13-11-17(4)12-14-18/h5,7-8,10-14H2,1-4H3/t16-/m1/s1. The van der Waals surface area contributed by atoms with E-state index in [9.17, 15) is 0 Å². The van der Waals surface area contributed by atoms with E-state index in [1.165, 1.54) is 6.42 Å². The van der Waals surface area contributed by atoms with Crippen LogP contribution in [0.2, 0.25) is 0 Å². The summed E-state index contributed by atoms with van der Waals surface area (Å²) in [5.41, 5.74) is -0.260. The van der Waals surface area contributed by atoms with Gasteiger partial charge in [0.1, 0.15) is 5.60 Å². The lowest BCUT2D eigenvalue weighted by Gasteiger charge is -2.40. The number of likely N-dealkylation sites (N-methyl/N-ethyl adjacent to an activating group) is 1. The van der Waals surface area contributed by atoms with Gasteiger partial charge in [0.05, 0.1) is 12.1 Å². The van der Waals surface area contributed by atoms with Gasteiger partial charge in [0, 0.05) is 26.2 Å². The molecule has 2 aliphatic rings. The van der Waals surface area contributed by atoms with Crippen LogP contribution in [0.15, 0.2) is 0 Å². The van der Waals surface area contributed by atoms with Gasteiger partial charge in [0.2, 0.25) is 0 Å². The van der Waals surface area contributed by atoms with E-state index in [0.29, 0.717) is 0 Å². The molecular formula is C16H28N2O. The van der Waals surface area contributed by atoms with E-state index < -0.39 is 0 Å². The Morgan fingerprint density at radius 3 is 2.37 bits per heavy atom. The van der Waals surface area contributed by atoms with E-state index in [2.05, 4.69) is 49.5 Å². The first-order chi connectivity index (χ1) is 8.89. The number of piperazine rings is 1. The topological polar surface area (TPSA) is 15.7 Å². The number of ether oxygens (including phenoxy) is 1. The molecule has 3 heteroatoms. The van der Waals surface area contributed by atoms with Crippen LogP contribution in [0.25, 0.3) is 0 Å². The lowest BCUT2D eigenvalue weighted by molar-refractivity contribution is -0.135. The van der Waals surface area contributed by atoms with E-state index in [0.717, 1.165) is 45.6 Å². The minimum Gasteiger partial charge on any atom is -0.357 e. The van der Waals surface area contributed by atoms with Crippen LogP contribution in [0.1, 0.15) is 40.0 Å². The quantitative estimate of drug-likeness (QED) is 0.674. The van der Waals surface area contributed by atoms with Crippen molar-refractivity contribution < 1.29 is 4.74 Å². The molecular weight excluding hydrogens is 236 g/mol. The third-order valence-electron chi connectivity index (χ3n) is 4.19. The lowest BCUT2D eigenvalue weighted by atomic mass is 9.88. The Bertz CT molecular complexity index is 361. The molecule has 0 spiro atoms. The summed E-state index contributed by atoms with van der Waals surface area (Å²) in [6.07, 6.45) is 3.42. The number of rotatable bonds is 1. The highest BCUT2D eigenvalue weighted by Gasteiger charge is 2.35. The summed E-state index contributed by atoms with van der Waals surface area (Å²) in [4.78, 5) is 4.81. The SMILES string of the molecule is CN1CCN(CC#C[C@@]2(C)CCCC(C)(C)O2)CC1. The van der Waals surface area contributed by atoms with E-state index in [1.54, 1.807) is 0 Å². The molecule has 0 N–H and O–H groups in total. The minimum atomic E-state index is -0.242. The van der Waals surface area contributed by atoms with Gasteiger partial charge in [-0.2, -0.15) is 0 Å². The number of hydrogen-bond acceptors (Lipinski definition) is 3. The van der Waals surface area contributed by atoms with Crippen LogP contribution in [-0.2, 0) is 4.74 Å². The molecule has 19 heavy (non-hydrogen) atoms. The molecule has 0 saturated carbocycles. The first-order valence-electron chi connectivity index (χ1n) is 7.50. The second-order valence-corrected chi connectivity index (χ2v) is 6.83. The van der Waals surface area contributed by atoms with Gasteiger partial charge >= 0.3 is 0 Å². The van der Waals surface area contributed by atoms with Gasteiger partial charge in [-0.25, -0.2) is 0 Å². The van der Waals surface area contributed by atoms with Crippen LogP contribution in [0, 0.1) is 11.8 Å². The van der Waals surface area contributed by atoms with Crippen molar-refractivity contribution in [2.45, 2.75) is 51.2 Å². The molecule has 0 aliphatic carbocycles. The van der Waals surface area contributed by atoms with Crippen molar-refractivity contribution in [3.8, 4) is 11.8 Å². The molecule has 3 nitrogen and oxygen atoms in total. The zero-order valence-electron chi connectivity index (χ0n) is 13.0. The van der Waals surface area contributed by atoms with Gasteiger partial charge < -0.3 is 9.64 Å². The molecule has 0 amide bonds. The average Bonchev–Trinajstić information content (AvgIpc) is 2.30. The second-order valence-electron chi connectivity index (χ2n) is 6.83. The number of hydrogen-bond donors (Lipinski definition) is 0.